The number of carbonyl (C=O) groups is 1. The second-order valence-corrected chi connectivity index (χ2v) is 3.57. The summed E-state index contributed by atoms with van der Waals surface area (Å²) in [6.07, 6.45) is 4.10. The summed E-state index contributed by atoms with van der Waals surface area (Å²) in [6, 6.07) is 0. The van der Waals surface area contributed by atoms with Gasteiger partial charge < -0.3 is 5.73 Å². The van der Waals surface area contributed by atoms with E-state index in [0.29, 0.717) is 0 Å². The lowest BCUT2D eigenvalue weighted by Gasteiger charge is -2.13. The van der Waals surface area contributed by atoms with Crippen LogP contribution in [0.3, 0.4) is 0 Å². The zero-order valence-corrected chi connectivity index (χ0v) is 6.85. The Bertz CT molecular complexity index is 142. The molecule has 0 heterocycles. The molecular weight excluding hydrogens is 126 g/mol. The van der Waals surface area contributed by atoms with Gasteiger partial charge in [0.05, 0.1) is 0 Å². The molecule has 0 radical (unpaired) electrons. The van der Waals surface area contributed by atoms with Crippen molar-refractivity contribution in [3.05, 3.63) is 12.2 Å². The largest absolute Gasteiger partial charge is 0.366 e. The third-order valence-electron chi connectivity index (χ3n) is 1.01. The highest BCUT2D eigenvalue weighted by Gasteiger charge is 2.06. The third kappa shape index (κ3) is 7.21. The zero-order valence-electron chi connectivity index (χ0n) is 6.85. The van der Waals surface area contributed by atoms with Crippen LogP contribution in [0.25, 0.3) is 0 Å². The topological polar surface area (TPSA) is 43.1 Å². The van der Waals surface area contributed by atoms with E-state index in [2.05, 4.69) is 20.8 Å². The first kappa shape index (κ1) is 9.21. The van der Waals surface area contributed by atoms with Crippen molar-refractivity contribution in [1.29, 1.82) is 0 Å². The molecule has 2 heteroatoms. The number of allylic oxidation sites excluding steroid dienone is 1. The molecule has 0 bridgehead atoms. The van der Waals surface area contributed by atoms with Crippen LogP contribution in [-0.2, 0) is 4.79 Å². The molecule has 0 unspecified atom stereocenters. The van der Waals surface area contributed by atoms with Crippen LogP contribution < -0.4 is 5.73 Å². The van der Waals surface area contributed by atoms with E-state index in [1.54, 1.807) is 0 Å². The fourth-order valence-electron chi connectivity index (χ4n) is 0.529. The van der Waals surface area contributed by atoms with Crippen molar-refractivity contribution in [2.75, 3.05) is 0 Å². The summed E-state index contributed by atoms with van der Waals surface area (Å²) in [5, 5.41) is 0. The fourth-order valence-corrected chi connectivity index (χ4v) is 0.529. The molecule has 0 atom stereocenters. The highest BCUT2D eigenvalue weighted by molar-refractivity contribution is 5.85. The van der Waals surface area contributed by atoms with E-state index in [1.807, 2.05) is 6.08 Å². The Balaban J connectivity index is 3.64. The zero-order chi connectivity index (χ0) is 8.20. The highest BCUT2D eigenvalue weighted by atomic mass is 16.1. The Morgan fingerprint density at radius 2 is 2.00 bits per heavy atom. The Hall–Kier alpha value is -0.790. The van der Waals surface area contributed by atoms with E-state index < -0.39 is 0 Å². The number of nitrogens with two attached hydrogens (primary N) is 1. The van der Waals surface area contributed by atoms with Crippen molar-refractivity contribution in [3.8, 4) is 0 Å². The van der Waals surface area contributed by atoms with Crippen LogP contribution in [-0.4, -0.2) is 5.91 Å². The van der Waals surface area contributed by atoms with E-state index in [0.717, 1.165) is 6.42 Å². The first-order chi connectivity index (χ1) is 4.42. The molecule has 0 aliphatic carbocycles. The summed E-state index contributed by atoms with van der Waals surface area (Å²) in [6.45, 7) is 6.33. The van der Waals surface area contributed by atoms with E-state index in [1.165, 1.54) is 6.08 Å². The minimum atomic E-state index is -0.371. The van der Waals surface area contributed by atoms with E-state index in [4.69, 9.17) is 5.73 Å². The number of carbonyl (C=O) groups excluding carboxylic acids is 1. The van der Waals surface area contributed by atoms with Gasteiger partial charge in [-0.3, -0.25) is 4.79 Å². The van der Waals surface area contributed by atoms with Gasteiger partial charge in [-0.2, -0.15) is 0 Å². The van der Waals surface area contributed by atoms with Crippen LogP contribution in [0.4, 0.5) is 0 Å². The molecule has 1 amide bonds. The van der Waals surface area contributed by atoms with E-state index >= 15 is 0 Å². The summed E-state index contributed by atoms with van der Waals surface area (Å²) in [7, 11) is 0. The molecule has 10 heavy (non-hydrogen) atoms. The van der Waals surface area contributed by atoms with Gasteiger partial charge in [0.1, 0.15) is 0 Å². The molecule has 0 saturated heterocycles. The predicted molar refractivity (Wildman–Crippen MR) is 42.4 cm³/mol. The Kier molecular flexibility index (Phi) is 3.13. The molecule has 0 aliphatic rings. The fraction of sp³-hybridized carbons (Fsp3) is 0.625. The molecule has 0 saturated carbocycles. The summed E-state index contributed by atoms with van der Waals surface area (Å²) < 4.78 is 0. The second kappa shape index (κ2) is 3.40. The normalized spacial score (nSPS) is 12.3. The monoisotopic (exact) mass is 141 g/mol. The molecule has 2 nitrogen and oxygen atoms in total. The first-order valence-electron chi connectivity index (χ1n) is 3.38. The van der Waals surface area contributed by atoms with Gasteiger partial charge in [-0.05, 0) is 17.9 Å². The van der Waals surface area contributed by atoms with Crippen LogP contribution >= 0.6 is 0 Å². The standard InChI is InChI=1S/C8H15NO/c1-8(2,3)6-4-5-7(9)10/h4-5H,6H2,1-3H3,(H2,9,10)/b5-4+. The average molecular weight is 141 g/mol. The van der Waals surface area contributed by atoms with Gasteiger partial charge in [-0.1, -0.05) is 26.8 Å². The lowest BCUT2D eigenvalue weighted by atomic mass is 9.92. The molecule has 0 aromatic heterocycles. The molecule has 0 spiro atoms. The lowest BCUT2D eigenvalue weighted by Crippen LogP contribution is -2.07. The van der Waals surface area contributed by atoms with Crippen molar-refractivity contribution in [3.63, 3.8) is 0 Å². The predicted octanol–water partition coefficient (Wildman–Crippen LogP) is 1.46. The molecule has 0 fully saturated rings. The van der Waals surface area contributed by atoms with E-state index in [-0.39, 0.29) is 11.3 Å². The van der Waals surface area contributed by atoms with Crippen molar-refractivity contribution < 1.29 is 4.79 Å². The van der Waals surface area contributed by atoms with Crippen LogP contribution in [0.1, 0.15) is 27.2 Å². The maximum absolute atomic E-state index is 10.2. The van der Waals surface area contributed by atoms with Gasteiger partial charge in [0.2, 0.25) is 5.91 Å². The Morgan fingerprint density at radius 3 is 2.30 bits per heavy atom. The maximum atomic E-state index is 10.2. The number of primary amides is 1. The quantitative estimate of drug-likeness (QED) is 0.581. The van der Waals surface area contributed by atoms with Gasteiger partial charge in [0.25, 0.3) is 0 Å². The first-order valence-corrected chi connectivity index (χ1v) is 3.38. The molecule has 0 aromatic carbocycles. The summed E-state index contributed by atoms with van der Waals surface area (Å²) >= 11 is 0. The van der Waals surface area contributed by atoms with Gasteiger partial charge in [0, 0.05) is 0 Å². The minimum absolute atomic E-state index is 0.242. The van der Waals surface area contributed by atoms with Crippen molar-refractivity contribution in [1.82, 2.24) is 0 Å². The van der Waals surface area contributed by atoms with Gasteiger partial charge in [-0.15, -0.1) is 0 Å². The minimum Gasteiger partial charge on any atom is -0.366 e. The SMILES string of the molecule is CC(C)(C)C/C=C/C(N)=O. The molecular formula is C8H15NO. The molecule has 2 N–H and O–H groups in total. The van der Waals surface area contributed by atoms with Gasteiger partial charge in [-0.25, -0.2) is 0 Å². The summed E-state index contributed by atoms with van der Waals surface area (Å²) in [5.74, 6) is -0.371. The van der Waals surface area contributed by atoms with E-state index in [9.17, 15) is 4.79 Å². The van der Waals surface area contributed by atoms with Crippen LogP contribution in [0.2, 0.25) is 0 Å². The Labute approximate surface area is 62.1 Å². The number of rotatable bonds is 2. The molecule has 0 rings (SSSR count). The van der Waals surface area contributed by atoms with Crippen LogP contribution in [0, 0.1) is 5.41 Å². The molecule has 0 aliphatic heterocycles. The van der Waals surface area contributed by atoms with Gasteiger partial charge in [0.15, 0.2) is 0 Å². The van der Waals surface area contributed by atoms with Crippen molar-refractivity contribution in [2.24, 2.45) is 11.1 Å². The highest BCUT2D eigenvalue weighted by Crippen LogP contribution is 2.18. The van der Waals surface area contributed by atoms with Crippen molar-refractivity contribution >= 4 is 5.91 Å². The number of hydrogen-bond acceptors (Lipinski definition) is 1. The van der Waals surface area contributed by atoms with Crippen LogP contribution in [0.15, 0.2) is 12.2 Å². The second-order valence-electron chi connectivity index (χ2n) is 3.57. The number of hydrogen-bond donors (Lipinski definition) is 1. The number of amides is 1. The maximum Gasteiger partial charge on any atom is 0.241 e. The molecule has 58 valence electrons. The summed E-state index contributed by atoms with van der Waals surface area (Å²) in [5.41, 5.74) is 5.14. The lowest BCUT2D eigenvalue weighted by molar-refractivity contribution is -0.113. The third-order valence-corrected chi connectivity index (χ3v) is 1.01. The smallest absolute Gasteiger partial charge is 0.241 e. The average Bonchev–Trinajstić information content (AvgIpc) is 1.59. The van der Waals surface area contributed by atoms with Crippen LogP contribution in [0.5, 0.6) is 0 Å². The Morgan fingerprint density at radius 1 is 1.50 bits per heavy atom. The summed E-state index contributed by atoms with van der Waals surface area (Å²) in [4.78, 5) is 10.2. The van der Waals surface area contributed by atoms with Gasteiger partial charge >= 0.3 is 0 Å². The van der Waals surface area contributed by atoms with Crippen molar-refractivity contribution in [2.45, 2.75) is 27.2 Å². The molecule has 0 aromatic rings.